The van der Waals surface area contributed by atoms with Crippen molar-refractivity contribution < 1.29 is 17.9 Å². The first kappa shape index (κ1) is 21.5. The van der Waals surface area contributed by atoms with E-state index in [9.17, 15) is 13.2 Å². The number of hydrogen-bond donors (Lipinski definition) is 1. The Balaban J connectivity index is 1.32. The Morgan fingerprint density at radius 3 is 2.48 bits per heavy atom. The molecule has 1 atom stereocenters. The third-order valence-electron chi connectivity index (χ3n) is 5.20. The highest BCUT2D eigenvalue weighted by atomic mass is 32.2. The van der Waals surface area contributed by atoms with Gasteiger partial charge in [0, 0.05) is 13.1 Å². The third kappa shape index (κ3) is 5.15. The van der Waals surface area contributed by atoms with Gasteiger partial charge in [-0.2, -0.15) is 4.31 Å². The molecule has 1 saturated heterocycles. The minimum absolute atomic E-state index is 0.255. The Labute approximate surface area is 186 Å². The van der Waals surface area contributed by atoms with Crippen LogP contribution in [0.5, 0.6) is 5.75 Å². The van der Waals surface area contributed by atoms with Gasteiger partial charge in [-0.3, -0.25) is 4.79 Å². The molecule has 2 aromatic carbocycles. The van der Waals surface area contributed by atoms with E-state index < -0.39 is 16.1 Å². The number of carbonyl (C=O) groups is 1. The van der Waals surface area contributed by atoms with Crippen LogP contribution in [0.1, 0.15) is 24.0 Å². The topological polar surface area (TPSA) is 75.7 Å². The first-order valence-electron chi connectivity index (χ1n) is 10.1. The molecule has 0 saturated carbocycles. The summed E-state index contributed by atoms with van der Waals surface area (Å²) in [7, 11) is -3.63. The van der Waals surface area contributed by atoms with Crippen molar-refractivity contribution in [1.82, 2.24) is 9.62 Å². The van der Waals surface area contributed by atoms with Crippen LogP contribution in [-0.4, -0.2) is 31.2 Å². The van der Waals surface area contributed by atoms with Crippen LogP contribution in [0.2, 0.25) is 0 Å². The predicted octanol–water partition coefficient (Wildman–Crippen LogP) is 3.80. The lowest BCUT2D eigenvalue weighted by molar-refractivity contribution is -0.124. The lowest BCUT2D eigenvalue weighted by Gasteiger charge is -2.22. The molecule has 1 unspecified atom stereocenters. The molecule has 162 valence electrons. The Bertz CT molecular complexity index is 1100. The zero-order valence-electron chi connectivity index (χ0n) is 16.9. The number of benzene rings is 2. The number of para-hydroxylation sites is 1. The minimum Gasteiger partial charge on any atom is -0.489 e. The van der Waals surface area contributed by atoms with E-state index in [-0.39, 0.29) is 10.1 Å². The van der Waals surface area contributed by atoms with Crippen LogP contribution in [0.4, 0.5) is 0 Å². The Hall–Kier alpha value is -2.68. The molecule has 1 aromatic heterocycles. The summed E-state index contributed by atoms with van der Waals surface area (Å²) >= 11 is 1.17. The van der Waals surface area contributed by atoms with E-state index in [1.165, 1.54) is 15.6 Å². The van der Waals surface area contributed by atoms with Crippen molar-refractivity contribution in [3.05, 3.63) is 83.2 Å². The van der Waals surface area contributed by atoms with Crippen molar-refractivity contribution in [3.8, 4) is 5.75 Å². The smallest absolute Gasteiger partial charge is 0.253 e. The van der Waals surface area contributed by atoms with Gasteiger partial charge < -0.3 is 10.1 Å². The van der Waals surface area contributed by atoms with Crippen molar-refractivity contribution in [3.63, 3.8) is 0 Å². The maximum Gasteiger partial charge on any atom is 0.253 e. The van der Waals surface area contributed by atoms with Gasteiger partial charge >= 0.3 is 0 Å². The van der Waals surface area contributed by atoms with Gasteiger partial charge in [0.25, 0.3) is 10.0 Å². The SMILES string of the molecule is O=C(NCc1ccc(COc2ccccc2)cc1)C1CCCN1S(=O)(=O)c1cccs1. The van der Waals surface area contributed by atoms with Crippen LogP contribution in [0.3, 0.4) is 0 Å². The Morgan fingerprint density at radius 2 is 1.77 bits per heavy atom. The van der Waals surface area contributed by atoms with Crippen LogP contribution in [0.25, 0.3) is 0 Å². The van der Waals surface area contributed by atoms with Crippen molar-refractivity contribution >= 4 is 27.3 Å². The molecule has 4 rings (SSSR count). The van der Waals surface area contributed by atoms with Crippen molar-refractivity contribution in [2.45, 2.75) is 36.2 Å². The standard InChI is InChI=1S/C23H24N2O4S2/c26-23(21-8-4-14-25(21)31(27,28)22-9-5-15-30-22)24-16-18-10-12-19(13-11-18)17-29-20-6-2-1-3-7-20/h1-3,5-7,9-13,15,21H,4,8,14,16-17H2,(H,24,26). The minimum atomic E-state index is -3.63. The van der Waals surface area contributed by atoms with Gasteiger partial charge in [-0.1, -0.05) is 48.5 Å². The summed E-state index contributed by atoms with van der Waals surface area (Å²) in [6.45, 7) is 1.19. The molecule has 6 nitrogen and oxygen atoms in total. The first-order chi connectivity index (χ1) is 15.0. The Morgan fingerprint density at radius 1 is 1.03 bits per heavy atom. The average molecular weight is 457 g/mol. The van der Waals surface area contributed by atoms with Gasteiger partial charge in [-0.25, -0.2) is 8.42 Å². The summed E-state index contributed by atoms with van der Waals surface area (Å²) in [5, 5.41) is 4.62. The van der Waals surface area contributed by atoms with Gasteiger partial charge in [-0.15, -0.1) is 11.3 Å². The molecule has 1 fully saturated rings. The largest absolute Gasteiger partial charge is 0.489 e. The zero-order valence-corrected chi connectivity index (χ0v) is 18.6. The molecule has 1 aliphatic rings. The number of thiophene rings is 1. The Kier molecular flexibility index (Phi) is 6.70. The molecule has 1 amide bonds. The number of rotatable bonds is 8. The maximum absolute atomic E-state index is 12.8. The number of nitrogens with zero attached hydrogens (tertiary/aromatic N) is 1. The quantitative estimate of drug-likeness (QED) is 0.560. The molecule has 0 spiro atoms. The van der Waals surface area contributed by atoms with E-state index in [1.807, 2.05) is 54.6 Å². The van der Waals surface area contributed by atoms with E-state index >= 15 is 0 Å². The van der Waals surface area contributed by atoms with Crippen LogP contribution in [0, 0.1) is 0 Å². The molecule has 3 aromatic rings. The monoisotopic (exact) mass is 456 g/mol. The van der Waals surface area contributed by atoms with Crippen molar-refractivity contribution in [2.75, 3.05) is 6.54 Å². The maximum atomic E-state index is 12.8. The molecule has 2 heterocycles. The van der Waals surface area contributed by atoms with Crippen LogP contribution in [0.15, 0.2) is 76.3 Å². The number of carbonyl (C=O) groups excluding carboxylic acids is 1. The molecule has 1 aliphatic heterocycles. The van der Waals surface area contributed by atoms with Gasteiger partial charge in [-0.05, 0) is 47.5 Å². The van der Waals surface area contributed by atoms with Crippen molar-refractivity contribution in [1.29, 1.82) is 0 Å². The number of amides is 1. The second kappa shape index (κ2) is 9.64. The number of sulfonamides is 1. The summed E-state index contributed by atoms with van der Waals surface area (Å²) in [6.07, 6.45) is 1.21. The second-order valence-corrected chi connectivity index (χ2v) is 10.4. The summed E-state index contributed by atoms with van der Waals surface area (Å²) in [4.78, 5) is 12.7. The first-order valence-corrected chi connectivity index (χ1v) is 12.4. The highest BCUT2D eigenvalue weighted by molar-refractivity contribution is 7.91. The third-order valence-corrected chi connectivity index (χ3v) is 8.48. The fraction of sp³-hybridized carbons (Fsp3) is 0.261. The lowest BCUT2D eigenvalue weighted by atomic mass is 10.1. The summed E-state index contributed by atoms with van der Waals surface area (Å²) in [5.41, 5.74) is 1.98. The summed E-state index contributed by atoms with van der Waals surface area (Å²) in [6, 6.07) is 20.1. The summed E-state index contributed by atoms with van der Waals surface area (Å²) in [5.74, 6) is 0.562. The molecule has 0 bridgehead atoms. The van der Waals surface area contributed by atoms with E-state index in [0.717, 1.165) is 16.9 Å². The van der Waals surface area contributed by atoms with E-state index in [0.29, 0.717) is 32.5 Å². The van der Waals surface area contributed by atoms with Gasteiger partial charge in [0.1, 0.15) is 22.6 Å². The van der Waals surface area contributed by atoms with Gasteiger partial charge in [0.2, 0.25) is 5.91 Å². The molecule has 31 heavy (non-hydrogen) atoms. The molecular formula is C23H24N2O4S2. The molecule has 0 radical (unpaired) electrons. The van der Waals surface area contributed by atoms with E-state index in [4.69, 9.17) is 4.74 Å². The number of nitrogens with one attached hydrogen (secondary N) is 1. The van der Waals surface area contributed by atoms with Gasteiger partial charge in [0.05, 0.1) is 0 Å². The molecule has 0 aliphatic carbocycles. The van der Waals surface area contributed by atoms with Crippen LogP contribution in [-0.2, 0) is 28.0 Å². The lowest BCUT2D eigenvalue weighted by Crippen LogP contribution is -2.45. The number of ether oxygens (including phenoxy) is 1. The summed E-state index contributed by atoms with van der Waals surface area (Å²) < 4.78 is 33.0. The average Bonchev–Trinajstić information content (AvgIpc) is 3.50. The van der Waals surface area contributed by atoms with Crippen molar-refractivity contribution in [2.24, 2.45) is 0 Å². The zero-order chi connectivity index (χ0) is 21.7. The molecule has 8 heteroatoms. The van der Waals surface area contributed by atoms with E-state index in [2.05, 4.69) is 5.32 Å². The fourth-order valence-corrected chi connectivity index (χ4v) is 6.34. The number of hydrogen-bond acceptors (Lipinski definition) is 5. The highest BCUT2D eigenvalue weighted by Gasteiger charge is 2.39. The second-order valence-electron chi connectivity index (χ2n) is 7.34. The van der Waals surface area contributed by atoms with Gasteiger partial charge in [0.15, 0.2) is 0 Å². The van der Waals surface area contributed by atoms with Crippen LogP contribution < -0.4 is 10.1 Å². The predicted molar refractivity (Wildman–Crippen MR) is 120 cm³/mol. The normalized spacial score (nSPS) is 16.8. The molecule has 1 N–H and O–H groups in total. The van der Waals surface area contributed by atoms with Crippen LogP contribution >= 0.6 is 11.3 Å². The van der Waals surface area contributed by atoms with E-state index in [1.54, 1.807) is 17.5 Å². The highest BCUT2D eigenvalue weighted by Crippen LogP contribution is 2.28. The molecular weight excluding hydrogens is 432 g/mol. The fourth-order valence-electron chi connectivity index (χ4n) is 3.56.